The maximum Gasteiger partial charge on any atom is 0.253 e. The Kier molecular flexibility index (Phi) is 6.40. The first kappa shape index (κ1) is 21.3. The third kappa shape index (κ3) is 4.84. The normalized spacial score (nSPS) is 14.7. The Bertz CT molecular complexity index is 1150. The Labute approximate surface area is 183 Å². The molecule has 0 N–H and O–H groups in total. The molecule has 0 saturated carbocycles. The highest BCUT2D eigenvalue weighted by molar-refractivity contribution is 7.91. The minimum atomic E-state index is -3.66. The van der Waals surface area contributed by atoms with Crippen molar-refractivity contribution >= 4 is 33.0 Å². The molecule has 1 aliphatic heterocycles. The van der Waals surface area contributed by atoms with Crippen LogP contribution in [0, 0.1) is 5.82 Å². The zero-order valence-corrected chi connectivity index (χ0v) is 18.3. The summed E-state index contributed by atoms with van der Waals surface area (Å²) in [4.78, 5) is 0. The van der Waals surface area contributed by atoms with Crippen LogP contribution < -0.4 is 4.74 Å². The van der Waals surface area contributed by atoms with Gasteiger partial charge in [0.25, 0.3) is 10.0 Å². The van der Waals surface area contributed by atoms with E-state index in [-0.39, 0.29) is 36.3 Å². The molecule has 4 rings (SSSR count). The number of fused-ring (bicyclic) bond motifs is 1. The number of sulfonamides is 1. The van der Waals surface area contributed by atoms with Gasteiger partial charge in [0.2, 0.25) is 0 Å². The maximum atomic E-state index is 13.3. The number of halogens is 2. The number of hydrogen-bond acceptors (Lipinski definition) is 5. The van der Waals surface area contributed by atoms with Crippen molar-refractivity contribution < 1.29 is 22.3 Å². The van der Waals surface area contributed by atoms with Gasteiger partial charge in [-0.3, -0.25) is 0 Å². The van der Waals surface area contributed by atoms with Crippen molar-refractivity contribution in [2.45, 2.75) is 24.0 Å². The second-order valence-electron chi connectivity index (χ2n) is 6.81. The molecular formula is C21H19ClFNO4S2. The van der Waals surface area contributed by atoms with E-state index >= 15 is 0 Å². The summed E-state index contributed by atoms with van der Waals surface area (Å²) in [5, 5.41) is 0. The SMILES string of the molecule is O=S(=O)(c1ccc(Cl)s1)N1CCOc2ccc(COCc3cccc(F)c3)cc2C1. The minimum Gasteiger partial charge on any atom is -0.492 e. The van der Waals surface area contributed by atoms with E-state index in [2.05, 4.69) is 0 Å². The van der Waals surface area contributed by atoms with Crippen LogP contribution in [-0.4, -0.2) is 25.9 Å². The van der Waals surface area contributed by atoms with Gasteiger partial charge < -0.3 is 9.47 Å². The molecule has 9 heteroatoms. The molecular weight excluding hydrogens is 449 g/mol. The van der Waals surface area contributed by atoms with E-state index in [0.29, 0.717) is 16.7 Å². The summed E-state index contributed by atoms with van der Waals surface area (Å²) in [5.74, 6) is 0.359. The molecule has 2 aromatic carbocycles. The summed E-state index contributed by atoms with van der Waals surface area (Å²) in [6, 6.07) is 15.0. The van der Waals surface area contributed by atoms with Gasteiger partial charge in [0, 0.05) is 18.7 Å². The lowest BCUT2D eigenvalue weighted by Crippen LogP contribution is -2.32. The molecule has 0 amide bonds. The molecule has 0 unspecified atom stereocenters. The molecule has 0 fully saturated rings. The summed E-state index contributed by atoms with van der Waals surface area (Å²) in [6.07, 6.45) is 0. The maximum absolute atomic E-state index is 13.3. The van der Waals surface area contributed by atoms with Gasteiger partial charge in [0.05, 0.1) is 17.6 Å². The van der Waals surface area contributed by atoms with E-state index in [1.807, 2.05) is 18.2 Å². The van der Waals surface area contributed by atoms with Crippen molar-refractivity contribution in [3.05, 3.63) is 81.4 Å². The van der Waals surface area contributed by atoms with E-state index in [9.17, 15) is 12.8 Å². The molecule has 1 aromatic heterocycles. The fraction of sp³-hybridized carbons (Fsp3) is 0.238. The molecule has 158 valence electrons. The first-order chi connectivity index (χ1) is 14.4. The van der Waals surface area contributed by atoms with Gasteiger partial charge in [0.1, 0.15) is 22.4 Å². The summed E-state index contributed by atoms with van der Waals surface area (Å²) < 4.78 is 52.7. The molecule has 0 spiro atoms. The highest BCUT2D eigenvalue weighted by Crippen LogP contribution is 2.32. The second-order valence-corrected chi connectivity index (χ2v) is 10.7. The molecule has 30 heavy (non-hydrogen) atoms. The van der Waals surface area contributed by atoms with Crippen LogP contribution in [0.3, 0.4) is 0 Å². The Morgan fingerprint density at radius 1 is 1.10 bits per heavy atom. The van der Waals surface area contributed by atoms with Crippen molar-refractivity contribution in [1.82, 2.24) is 4.31 Å². The predicted octanol–water partition coefficient (Wildman–Crippen LogP) is 4.84. The Hall–Kier alpha value is -1.97. The van der Waals surface area contributed by atoms with Gasteiger partial charge in [0.15, 0.2) is 0 Å². The van der Waals surface area contributed by atoms with Gasteiger partial charge in [-0.15, -0.1) is 11.3 Å². The summed E-state index contributed by atoms with van der Waals surface area (Å²) >= 11 is 6.95. The van der Waals surface area contributed by atoms with E-state index in [0.717, 1.165) is 28.0 Å². The second kappa shape index (κ2) is 9.03. The monoisotopic (exact) mass is 467 g/mol. The number of hydrogen-bond donors (Lipinski definition) is 0. The molecule has 2 heterocycles. The van der Waals surface area contributed by atoms with Crippen molar-refractivity contribution in [1.29, 1.82) is 0 Å². The largest absolute Gasteiger partial charge is 0.492 e. The molecule has 0 bridgehead atoms. The number of nitrogens with zero attached hydrogens (tertiary/aromatic N) is 1. The highest BCUT2D eigenvalue weighted by atomic mass is 35.5. The molecule has 5 nitrogen and oxygen atoms in total. The number of rotatable bonds is 6. The van der Waals surface area contributed by atoms with Crippen LogP contribution in [0.25, 0.3) is 0 Å². The zero-order valence-electron chi connectivity index (χ0n) is 15.9. The van der Waals surface area contributed by atoms with Crippen molar-refractivity contribution in [2.75, 3.05) is 13.2 Å². The van der Waals surface area contributed by atoms with Gasteiger partial charge in [-0.2, -0.15) is 4.31 Å². The predicted molar refractivity (Wildman–Crippen MR) is 114 cm³/mol. The van der Waals surface area contributed by atoms with E-state index in [1.54, 1.807) is 18.2 Å². The molecule has 0 atom stereocenters. The third-order valence-electron chi connectivity index (χ3n) is 4.64. The van der Waals surface area contributed by atoms with E-state index < -0.39 is 10.0 Å². The smallest absolute Gasteiger partial charge is 0.253 e. The van der Waals surface area contributed by atoms with Crippen LogP contribution in [0.5, 0.6) is 5.75 Å². The lowest BCUT2D eigenvalue weighted by atomic mass is 10.1. The average molecular weight is 468 g/mol. The lowest BCUT2D eigenvalue weighted by Gasteiger charge is -2.18. The van der Waals surface area contributed by atoms with Gasteiger partial charge >= 0.3 is 0 Å². The van der Waals surface area contributed by atoms with E-state index in [1.165, 1.54) is 22.5 Å². The molecule has 0 saturated heterocycles. The molecule has 0 aliphatic carbocycles. The van der Waals surface area contributed by atoms with Gasteiger partial charge in [-0.1, -0.05) is 29.8 Å². The Balaban J connectivity index is 1.47. The van der Waals surface area contributed by atoms with Gasteiger partial charge in [-0.05, 0) is 47.5 Å². The quantitative estimate of drug-likeness (QED) is 0.520. The van der Waals surface area contributed by atoms with Crippen molar-refractivity contribution in [3.8, 4) is 5.75 Å². The highest BCUT2D eigenvalue weighted by Gasteiger charge is 2.29. The van der Waals surface area contributed by atoms with Crippen LogP contribution >= 0.6 is 22.9 Å². The van der Waals surface area contributed by atoms with Crippen LogP contribution in [0.1, 0.15) is 16.7 Å². The first-order valence-electron chi connectivity index (χ1n) is 9.24. The van der Waals surface area contributed by atoms with Crippen LogP contribution in [-0.2, 0) is 34.5 Å². The van der Waals surface area contributed by atoms with E-state index in [4.69, 9.17) is 21.1 Å². The average Bonchev–Trinajstić information content (AvgIpc) is 3.04. The topological polar surface area (TPSA) is 55.8 Å². The van der Waals surface area contributed by atoms with Gasteiger partial charge in [-0.25, -0.2) is 12.8 Å². The van der Waals surface area contributed by atoms with Crippen LogP contribution in [0.4, 0.5) is 4.39 Å². The molecule has 1 aliphatic rings. The summed E-state index contributed by atoms with van der Waals surface area (Å²) in [6.45, 7) is 1.31. The Morgan fingerprint density at radius 3 is 2.63 bits per heavy atom. The van der Waals surface area contributed by atoms with Crippen LogP contribution in [0.15, 0.2) is 58.8 Å². The summed E-state index contributed by atoms with van der Waals surface area (Å²) in [7, 11) is -3.66. The standard InChI is InChI=1S/C21H19ClFNO4S2/c22-20-6-7-21(29-20)30(25,26)24-8-9-28-19-5-4-16(10-17(19)12-24)14-27-13-15-2-1-3-18(23)11-15/h1-7,10-11H,8-9,12-14H2. The lowest BCUT2D eigenvalue weighted by molar-refractivity contribution is 0.107. The number of thiophene rings is 1. The minimum absolute atomic E-state index is 0.199. The van der Waals surface area contributed by atoms with Crippen LogP contribution in [0.2, 0.25) is 4.34 Å². The van der Waals surface area contributed by atoms with Crippen molar-refractivity contribution in [3.63, 3.8) is 0 Å². The third-order valence-corrected chi connectivity index (χ3v) is 8.18. The molecule has 3 aromatic rings. The fourth-order valence-corrected chi connectivity index (χ4v) is 6.23. The fourth-order valence-electron chi connectivity index (χ4n) is 3.20. The first-order valence-corrected chi connectivity index (χ1v) is 11.9. The Morgan fingerprint density at radius 2 is 1.90 bits per heavy atom. The number of ether oxygens (including phenoxy) is 2. The number of benzene rings is 2. The molecule has 0 radical (unpaired) electrons. The zero-order chi connectivity index (χ0) is 21.1. The van der Waals surface area contributed by atoms with Crippen molar-refractivity contribution in [2.24, 2.45) is 0 Å². The summed E-state index contributed by atoms with van der Waals surface area (Å²) in [5.41, 5.74) is 2.40.